The first kappa shape index (κ1) is 15.1. The van der Waals surface area contributed by atoms with Gasteiger partial charge in [-0.3, -0.25) is 4.68 Å². The lowest BCUT2D eigenvalue weighted by Crippen LogP contribution is -2.04. The van der Waals surface area contributed by atoms with E-state index in [1.807, 2.05) is 0 Å². The first-order chi connectivity index (χ1) is 11.1. The molecule has 0 radical (unpaired) electrons. The van der Waals surface area contributed by atoms with Crippen LogP contribution in [0.1, 0.15) is 16.8 Å². The molecule has 0 bridgehead atoms. The van der Waals surface area contributed by atoms with Gasteiger partial charge in [0.2, 0.25) is 0 Å². The van der Waals surface area contributed by atoms with E-state index >= 15 is 0 Å². The fourth-order valence-electron chi connectivity index (χ4n) is 2.04. The van der Waals surface area contributed by atoms with Gasteiger partial charge in [-0.25, -0.2) is 9.37 Å². The van der Waals surface area contributed by atoms with Gasteiger partial charge in [-0.2, -0.15) is 5.10 Å². The van der Waals surface area contributed by atoms with Crippen molar-refractivity contribution in [3.05, 3.63) is 76.5 Å². The van der Waals surface area contributed by atoms with E-state index in [0.717, 1.165) is 16.8 Å². The number of hydrogen-bond donors (Lipinski definition) is 1. The minimum atomic E-state index is -0.448. The predicted molar refractivity (Wildman–Crippen MR) is 87.4 cm³/mol. The second-order valence-corrected chi connectivity index (χ2v) is 5.25. The Hall–Kier alpha value is -2.84. The van der Waals surface area contributed by atoms with Crippen molar-refractivity contribution in [2.45, 2.75) is 6.54 Å². The lowest BCUT2D eigenvalue weighted by molar-refractivity contribution is 0.619. The maximum Gasteiger partial charge on any atom is 0.142 e. The molecule has 0 atom stereocenters. The van der Waals surface area contributed by atoms with Gasteiger partial charge in [-0.1, -0.05) is 23.6 Å². The highest BCUT2D eigenvalue weighted by Crippen LogP contribution is 2.16. The zero-order valence-electron chi connectivity index (χ0n) is 12.0. The van der Waals surface area contributed by atoms with E-state index in [4.69, 9.17) is 17.3 Å². The van der Waals surface area contributed by atoms with Crippen LogP contribution < -0.4 is 5.73 Å². The first-order valence-electron chi connectivity index (χ1n) is 6.81. The van der Waals surface area contributed by atoms with Gasteiger partial charge in [0.25, 0.3) is 0 Å². The van der Waals surface area contributed by atoms with Gasteiger partial charge < -0.3 is 5.73 Å². The molecule has 6 heteroatoms. The summed E-state index contributed by atoms with van der Waals surface area (Å²) >= 11 is 5.69. The fourth-order valence-corrected chi connectivity index (χ4v) is 2.16. The molecule has 3 rings (SSSR count). The van der Waals surface area contributed by atoms with Crippen molar-refractivity contribution < 1.29 is 4.39 Å². The quantitative estimate of drug-likeness (QED) is 0.736. The maximum absolute atomic E-state index is 13.5. The highest BCUT2D eigenvalue weighted by molar-refractivity contribution is 6.30. The van der Waals surface area contributed by atoms with E-state index in [9.17, 15) is 4.39 Å². The third-order valence-corrected chi connectivity index (χ3v) is 3.46. The van der Waals surface area contributed by atoms with Crippen molar-refractivity contribution >= 4 is 17.4 Å². The van der Waals surface area contributed by atoms with Crippen molar-refractivity contribution in [1.82, 2.24) is 14.8 Å². The molecule has 0 saturated carbocycles. The minimum absolute atomic E-state index is 0.101. The van der Waals surface area contributed by atoms with Crippen LogP contribution in [0.15, 0.2) is 48.8 Å². The molecule has 114 valence electrons. The number of nitrogen functional groups attached to an aromatic ring is 1. The molecular weight excluding hydrogens is 315 g/mol. The van der Waals surface area contributed by atoms with Crippen LogP contribution in [0, 0.1) is 17.7 Å². The Bertz CT molecular complexity index is 908. The second kappa shape index (κ2) is 6.51. The number of nitrogens with two attached hydrogens (primary N) is 1. The Morgan fingerprint density at radius 2 is 2.00 bits per heavy atom. The molecular formula is C17H12ClFN4. The zero-order chi connectivity index (χ0) is 16.2. The summed E-state index contributed by atoms with van der Waals surface area (Å²) in [6.07, 6.45) is 3.25. The van der Waals surface area contributed by atoms with Crippen molar-refractivity contribution in [1.29, 1.82) is 0 Å². The van der Waals surface area contributed by atoms with Gasteiger partial charge >= 0.3 is 0 Å². The van der Waals surface area contributed by atoms with Crippen molar-refractivity contribution in [3.63, 3.8) is 0 Å². The van der Waals surface area contributed by atoms with Crippen LogP contribution in [0.25, 0.3) is 0 Å². The lowest BCUT2D eigenvalue weighted by Gasteiger charge is -2.04. The second-order valence-electron chi connectivity index (χ2n) is 4.84. The van der Waals surface area contributed by atoms with Gasteiger partial charge in [-0.05, 0) is 41.8 Å². The van der Waals surface area contributed by atoms with Crippen molar-refractivity contribution in [3.8, 4) is 11.8 Å². The van der Waals surface area contributed by atoms with Gasteiger partial charge in [0.15, 0.2) is 0 Å². The average molecular weight is 327 g/mol. The summed E-state index contributed by atoms with van der Waals surface area (Å²) in [5.41, 5.74) is 7.86. The van der Waals surface area contributed by atoms with E-state index in [1.165, 1.54) is 12.1 Å². The molecule has 1 aromatic carbocycles. The number of pyridine rings is 1. The maximum atomic E-state index is 13.5. The number of nitrogens with zero attached hydrogens (tertiary/aromatic N) is 3. The third kappa shape index (κ3) is 3.68. The Morgan fingerprint density at radius 1 is 1.13 bits per heavy atom. The smallest absolute Gasteiger partial charge is 0.142 e. The molecule has 4 nitrogen and oxygen atoms in total. The molecule has 0 saturated heterocycles. The topological polar surface area (TPSA) is 56.7 Å². The monoisotopic (exact) mass is 326 g/mol. The van der Waals surface area contributed by atoms with Crippen LogP contribution in [0.2, 0.25) is 5.02 Å². The molecule has 0 amide bonds. The van der Waals surface area contributed by atoms with Gasteiger partial charge in [0, 0.05) is 11.8 Å². The van der Waals surface area contributed by atoms with Crippen LogP contribution in [-0.2, 0) is 6.54 Å². The number of hydrogen-bond acceptors (Lipinski definition) is 3. The predicted octanol–water partition coefficient (Wildman–Crippen LogP) is 3.10. The van der Waals surface area contributed by atoms with E-state index in [2.05, 4.69) is 21.9 Å². The molecule has 2 heterocycles. The van der Waals surface area contributed by atoms with E-state index < -0.39 is 5.82 Å². The van der Waals surface area contributed by atoms with Gasteiger partial charge in [0.05, 0.1) is 17.8 Å². The zero-order valence-corrected chi connectivity index (χ0v) is 12.8. The van der Waals surface area contributed by atoms with Crippen LogP contribution in [-0.4, -0.2) is 14.8 Å². The molecule has 2 N–H and O–H groups in total. The normalized spacial score (nSPS) is 10.2. The van der Waals surface area contributed by atoms with Gasteiger partial charge in [0.1, 0.15) is 17.3 Å². The van der Waals surface area contributed by atoms with E-state index in [1.54, 1.807) is 41.3 Å². The average Bonchev–Trinajstić information content (AvgIpc) is 2.96. The Morgan fingerprint density at radius 3 is 2.78 bits per heavy atom. The molecule has 0 aliphatic heterocycles. The Kier molecular flexibility index (Phi) is 4.26. The van der Waals surface area contributed by atoms with Crippen LogP contribution >= 0.6 is 11.6 Å². The largest absolute Gasteiger partial charge is 0.384 e. The summed E-state index contributed by atoms with van der Waals surface area (Å²) in [5.74, 6) is 6.01. The third-order valence-electron chi connectivity index (χ3n) is 3.15. The van der Waals surface area contributed by atoms with E-state index in [-0.39, 0.29) is 5.02 Å². The number of benzene rings is 1. The summed E-state index contributed by atoms with van der Waals surface area (Å²) in [5, 5.41) is 4.32. The molecule has 2 aromatic heterocycles. The van der Waals surface area contributed by atoms with Crippen molar-refractivity contribution in [2.75, 3.05) is 5.73 Å². The molecule has 0 spiro atoms. The van der Waals surface area contributed by atoms with Crippen LogP contribution in [0.3, 0.4) is 0 Å². The summed E-state index contributed by atoms with van der Waals surface area (Å²) in [7, 11) is 0. The Balaban J connectivity index is 1.84. The number of rotatable bonds is 2. The number of anilines is 1. The number of halogens is 2. The minimum Gasteiger partial charge on any atom is -0.384 e. The first-order valence-corrected chi connectivity index (χ1v) is 7.19. The highest BCUT2D eigenvalue weighted by Gasteiger charge is 2.04. The van der Waals surface area contributed by atoms with Crippen LogP contribution in [0.4, 0.5) is 10.2 Å². The van der Waals surface area contributed by atoms with Gasteiger partial charge in [-0.15, -0.1) is 0 Å². The highest BCUT2D eigenvalue weighted by atomic mass is 35.5. The Labute approximate surface area is 137 Å². The summed E-state index contributed by atoms with van der Waals surface area (Å²) in [6.45, 7) is 0.406. The standard InChI is InChI=1S/C17H12ClFN4/c18-15-4-2-13(9-16(15)19)11-23-14(6-8-22-23)3-1-12-5-7-21-17(20)10-12/h2,4-10H,11H2,(H2,20,21). The van der Waals surface area contributed by atoms with E-state index in [0.29, 0.717) is 12.4 Å². The number of aromatic nitrogens is 3. The fraction of sp³-hybridized carbons (Fsp3) is 0.0588. The molecule has 23 heavy (non-hydrogen) atoms. The summed E-state index contributed by atoms with van der Waals surface area (Å²) in [4.78, 5) is 3.92. The summed E-state index contributed by atoms with van der Waals surface area (Å²) < 4.78 is 15.2. The molecule has 0 aliphatic rings. The summed E-state index contributed by atoms with van der Waals surface area (Å²) in [6, 6.07) is 9.95. The van der Waals surface area contributed by atoms with Crippen molar-refractivity contribution in [2.24, 2.45) is 0 Å². The lowest BCUT2D eigenvalue weighted by atomic mass is 10.2. The molecule has 0 fully saturated rings. The molecule has 0 unspecified atom stereocenters. The molecule has 0 aliphatic carbocycles. The SMILES string of the molecule is Nc1cc(C#Cc2ccnn2Cc2ccc(Cl)c(F)c2)ccn1. The molecule has 3 aromatic rings. The van der Waals surface area contributed by atoms with Crippen LogP contribution in [0.5, 0.6) is 0 Å².